The van der Waals surface area contributed by atoms with Crippen molar-refractivity contribution in [3.05, 3.63) is 28.8 Å². The Labute approximate surface area is 135 Å². The lowest BCUT2D eigenvalue weighted by atomic mass is 9.78. The van der Waals surface area contributed by atoms with E-state index >= 15 is 0 Å². The number of rotatable bonds is 2. The van der Waals surface area contributed by atoms with Gasteiger partial charge < -0.3 is 5.11 Å². The van der Waals surface area contributed by atoms with E-state index in [1.165, 1.54) is 5.56 Å². The summed E-state index contributed by atoms with van der Waals surface area (Å²) in [6.07, 6.45) is 0. The zero-order chi connectivity index (χ0) is 16.6. The maximum atomic E-state index is 10.7. The van der Waals surface area contributed by atoms with E-state index in [4.69, 9.17) is 0 Å². The number of phenolic OH excluding ortho intramolecular Hbond substituents is 1. The van der Waals surface area contributed by atoms with E-state index in [9.17, 15) is 5.11 Å². The zero-order valence-corrected chi connectivity index (χ0v) is 16.0. The molecule has 0 amide bonds. The van der Waals surface area contributed by atoms with Gasteiger partial charge in [0, 0.05) is 10.5 Å². The van der Waals surface area contributed by atoms with Crippen molar-refractivity contribution in [1.29, 1.82) is 0 Å². The molecule has 1 aromatic carbocycles. The Bertz CT molecular complexity index is 461. The highest BCUT2D eigenvalue weighted by molar-refractivity contribution is 7.99. The van der Waals surface area contributed by atoms with Gasteiger partial charge in [-0.15, -0.1) is 0 Å². The number of phenols is 1. The van der Waals surface area contributed by atoms with Gasteiger partial charge in [0.2, 0.25) is 0 Å². The van der Waals surface area contributed by atoms with Crippen molar-refractivity contribution in [2.45, 2.75) is 83.6 Å². The van der Waals surface area contributed by atoms with Crippen molar-refractivity contribution < 1.29 is 5.11 Å². The third-order valence-electron chi connectivity index (χ3n) is 3.46. The first-order valence-corrected chi connectivity index (χ1v) is 8.71. The lowest BCUT2D eigenvalue weighted by Crippen LogP contribution is -2.18. The topological polar surface area (TPSA) is 20.2 Å². The summed E-state index contributed by atoms with van der Waals surface area (Å²) in [5.41, 5.74) is 3.32. The smallest absolute Gasteiger partial charge is 0.123 e. The Kier molecular flexibility index (Phi) is 5.15. The molecule has 0 saturated carbocycles. The molecule has 0 saturated heterocycles. The average Bonchev–Trinajstić information content (AvgIpc) is 2.23. The predicted molar refractivity (Wildman–Crippen MR) is 96.6 cm³/mol. The van der Waals surface area contributed by atoms with Crippen LogP contribution in [0.5, 0.6) is 5.75 Å². The molecule has 0 spiro atoms. The lowest BCUT2D eigenvalue weighted by molar-refractivity contribution is 0.423. The summed E-state index contributed by atoms with van der Waals surface area (Å²) in [6.45, 7) is 19.7. The van der Waals surface area contributed by atoms with E-state index in [1.54, 1.807) is 0 Å². The van der Waals surface area contributed by atoms with Crippen LogP contribution in [0.2, 0.25) is 0 Å². The summed E-state index contributed by atoms with van der Waals surface area (Å²) in [5, 5.41) is 10.7. The first-order chi connectivity index (χ1) is 9.22. The second-order valence-electron chi connectivity index (χ2n) is 8.94. The van der Waals surface area contributed by atoms with Crippen molar-refractivity contribution in [1.82, 2.24) is 0 Å². The average molecular weight is 309 g/mol. The van der Waals surface area contributed by atoms with Crippen LogP contribution in [0.4, 0.5) is 0 Å². The standard InChI is InChI=1S/C19H32OS/c1-17(2,3)14-10-13(12-21-19(7,8)9)11-15(16(14)20)18(4,5)6/h10-11,20H,12H2,1-9H3. The van der Waals surface area contributed by atoms with Gasteiger partial charge in [0.05, 0.1) is 0 Å². The van der Waals surface area contributed by atoms with E-state index in [2.05, 4.69) is 74.4 Å². The first-order valence-electron chi connectivity index (χ1n) is 7.72. The molecular weight excluding hydrogens is 276 g/mol. The Hall–Kier alpha value is -0.630. The summed E-state index contributed by atoms with van der Waals surface area (Å²) < 4.78 is 0.252. The monoisotopic (exact) mass is 308 g/mol. The van der Waals surface area contributed by atoms with E-state index in [0.29, 0.717) is 5.75 Å². The molecule has 0 heterocycles. The highest BCUT2D eigenvalue weighted by Crippen LogP contribution is 2.41. The summed E-state index contributed by atoms with van der Waals surface area (Å²) in [6, 6.07) is 4.37. The van der Waals surface area contributed by atoms with Gasteiger partial charge in [-0.2, -0.15) is 11.8 Å². The predicted octanol–water partition coefficient (Wildman–Crippen LogP) is 6.02. The minimum Gasteiger partial charge on any atom is -0.507 e. The van der Waals surface area contributed by atoms with Crippen LogP contribution in [-0.4, -0.2) is 9.85 Å². The van der Waals surface area contributed by atoms with Gasteiger partial charge in [-0.25, -0.2) is 0 Å². The van der Waals surface area contributed by atoms with Crippen molar-refractivity contribution in [3.63, 3.8) is 0 Å². The number of thioether (sulfide) groups is 1. The highest BCUT2D eigenvalue weighted by Gasteiger charge is 2.26. The van der Waals surface area contributed by atoms with Crippen molar-refractivity contribution in [2.24, 2.45) is 0 Å². The van der Waals surface area contributed by atoms with Gasteiger partial charge >= 0.3 is 0 Å². The Morgan fingerprint density at radius 1 is 0.810 bits per heavy atom. The van der Waals surface area contributed by atoms with E-state index in [0.717, 1.165) is 16.9 Å². The molecule has 0 unspecified atom stereocenters. The van der Waals surface area contributed by atoms with Crippen LogP contribution in [0, 0.1) is 0 Å². The molecule has 0 aromatic heterocycles. The molecule has 0 bridgehead atoms. The lowest BCUT2D eigenvalue weighted by Gasteiger charge is -2.28. The summed E-state index contributed by atoms with van der Waals surface area (Å²) in [4.78, 5) is 0. The molecule has 0 aliphatic rings. The quantitative estimate of drug-likeness (QED) is 0.721. The molecule has 1 N–H and O–H groups in total. The zero-order valence-electron chi connectivity index (χ0n) is 15.2. The normalized spacial score (nSPS) is 13.6. The molecule has 1 aromatic rings. The second kappa shape index (κ2) is 5.87. The molecule has 1 rings (SSSR count). The SMILES string of the molecule is CC(C)(C)SCc1cc(C(C)(C)C)c(O)c(C(C)(C)C)c1. The second-order valence-corrected chi connectivity index (χ2v) is 10.7. The van der Waals surface area contributed by atoms with Crippen molar-refractivity contribution >= 4 is 11.8 Å². The Balaban J connectivity index is 3.34. The minimum atomic E-state index is -0.0491. The van der Waals surface area contributed by atoms with E-state index in [1.807, 2.05) is 11.8 Å². The molecule has 120 valence electrons. The molecule has 0 aliphatic heterocycles. The summed E-state index contributed by atoms with van der Waals surface area (Å²) in [5.74, 6) is 1.45. The van der Waals surface area contributed by atoms with Crippen LogP contribution in [0.15, 0.2) is 12.1 Å². The molecule has 0 fully saturated rings. The first kappa shape index (κ1) is 18.4. The maximum absolute atomic E-state index is 10.7. The molecule has 2 heteroatoms. The molecular formula is C19H32OS. The van der Waals surface area contributed by atoms with E-state index in [-0.39, 0.29) is 15.6 Å². The molecule has 0 atom stereocenters. The van der Waals surface area contributed by atoms with Gasteiger partial charge in [-0.1, -0.05) is 74.4 Å². The van der Waals surface area contributed by atoms with Crippen LogP contribution < -0.4 is 0 Å². The fourth-order valence-electron chi connectivity index (χ4n) is 2.22. The third kappa shape index (κ3) is 5.25. The summed E-state index contributed by atoms with van der Waals surface area (Å²) >= 11 is 1.95. The van der Waals surface area contributed by atoms with E-state index < -0.39 is 0 Å². The fourth-order valence-corrected chi connectivity index (χ4v) is 2.99. The van der Waals surface area contributed by atoms with Crippen LogP contribution >= 0.6 is 11.8 Å². The summed E-state index contributed by atoms with van der Waals surface area (Å²) in [7, 11) is 0. The van der Waals surface area contributed by atoms with Crippen molar-refractivity contribution in [2.75, 3.05) is 0 Å². The molecule has 1 nitrogen and oxygen atoms in total. The van der Waals surface area contributed by atoms with Gasteiger partial charge in [-0.3, -0.25) is 0 Å². The third-order valence-corrected chi connectivity index (χ3v) is 4.80. The van der Waals surface area contributed by atoms with Crippen LogP contribution in [0.1, 0.15) is 79.0 Å². The Morgan fingerprint density at radius 2 is 1.19 bits per heavy atom. The molecule has 0 aliphatic carbocycles. The van der Waals surface area contributed by atoms with Crippen LogP contribution in [0.3, 0.4) is 0 Å². The molecule has 0 radical (unpaired) electrons. The largest absolute Gasteiger partial charge is 0.507 e. The number of hydrogen-bond acceptors (Lipinski definition) is 2. The minimum absolute atomic E-state index is 0.0491. The van der Waals surface area contributed by atoms with Crippen LogP contribution in [0.25, 0.3) is 0 Å². The number of aromatic hydroxyl groups is 1. The number of benzene rings is 1. The molecule has 21 heavy (non-hydrogen) atoms. The van der Waals surface area contributed by atoms with Gasteiger partial charge in [0.1, 0.15) is 5.75 Å². The highest BCUT2D eigenvalue weighted by atomic mass is 32.2. The number of hydrogen-bond donors (Lipinski definition) is 1. The van der Waals surface area contributed by atoms with Gasteiger partial charge in [0.15, 0.2) is 0 Å². The van der Waals surface area contributed by atoms with Gasteiger partial charge in [0.25, 0.3) is 0 Å². The maximum Gasteiger partial charge on any atom is 0.123 e. The van der Waals surface area contributed by atoms with Crippen LogP contribution in [-0.2, 0) is 16.6 Å². The van der Waals surface area contributed by atoms with Crippen molar-refractivity contribution in [3.8, 4) is 5.75 Å². The van der Waals surface area contributed by atoms with Gasteiger partial charge in [-0.05, 0) is 27.5 Å². The fraction of sp³-hybridized carbons (Fsp3) is 0.684. The Morgan fingerprint density at radius 3 is 1.48 bits per heavy atom.